The Bertz CT molecular complexity index is 777. The van der Waals surface area contributed by atoms with Crippen LogP contribution < -0.4 is 0 Å². The Labute approximate surface area is 173 Å². The van der Waals surface area contributed by atoms with Gasteiger partial charge in [0, 0.05) is 11.1 Å². The van der Waals surface area contributed by atoms with Gasteiger partial charge in [0.15, 0.2) is 0 Å². The van der Waals surface area contributed by atoms with E-state index < -0.39 is 17.4 Å². The molecule has 0 saturated carbocycles. The van der Waals surface area contributed by atoms with Crippen LogP contribution in [0, 0.1) is 0 Å². The summed E-state index contributed by atoms with van der Waals surface area (Å²) >= 11 is 0. The molecule has 0 aliphatic carbocycles. The second-order valence-electron chi connectivity index (χ2n) is 7.14. The van der Waals surface area contributed by atoms with Gasteiger partial charge in [0.05, 0.1) is 19.3 Å². The van der Waals surface area contributed by atoms with E-state index in [2.05, 4.69) is 4.74 Å². The fourth-order valence-corrected chi connectivity index (χ4v) is 2.96. The van der Waals surface area contributed by atoms with Crippen LogP contribution in [0.4, 0.5) is 0 Å². The molecule has 0 spiro atoms. The van der Waals surface area contributed by atoms with Crippen molar-refractivity contribution in [2.24, 2.45) is 0 Å². The van der Waals surface area contributed by atoms with Gasteiger partial charge < -0.3 is 14.6 Å². The van der Waals surface area contributed by atoms with Crippen LogP contribution in [0.2, 0.25) is 0 Å². The van der Waals surface area contributed by atoms with Crippen LogP contribution in [0.5, 0.6) is 0 Å². The van der Waals surface area contributed by atoms with E-state index >= 15 is 0 Å². The van der Waals surface area contributed by atoms with Crippen LogP contribution in [0.15, 0.2) is 54.6 Å². The van der Waals surface area contributed by atoms with E-state index in [-0.39, 0.29) is 5.56 Å². The summed E-state index contributed by atoms with van der Waals surface area (Å²) < 4.78 is 9.93. The summed E-state index contributed by atoms with van der Waals surface area (Å²) in [7, 11) is 1.15. The van der Waals surface area contributed by atoms with Crippen molar-refractivity contribution < 1.29 is 24.2 Å². The zero-order chi connectivity index (χ0) is 22.0. The zero-order valence-corrected chi connectivity index (χ0v) is 18.1. The fourth-order valence-electron chi connectivity index (χ4n) is 2.96. The molecular weight excluding hydrogens is 368 g/mol. The first kappa shape index (κ1) is 24.5. The molecule has 0 fully saturated rings. The van der Waals surface area contributed by atoms with Crippen LogP contribution in [-0.2, 0) is 26.3 Å². The van der Waals surface area contributed by atoms with Gasteiger partial charge in [-0.25, -0.2) is 4.79 Å². The molecule has 5 nitrogen and oxygen atoms in total. The molecule has 1 unspecified atom stereocenters. The Hall–Kier alpha value is -2.50. The Morgan fingerprint density at radius 1 is 0.931 bits per heavy atom. The second kappa shape index (κ2) is 11.5. The summed E-state index contributed by atoms with van der Waals surface area (Å²) in [5.74, 6) is -1.67. The number of carbonyl (C=O) groups excluding carboxylic acids is 2. The highest BCUT2D eigenvalue weighted by Crippen LogP contribution is 2.29. The molecule has 158 valence electrons. The number of benzene rings is 2. The third-order valence-electron chi connectivity index (χ3n) is 4.19. The van der Waals surface area contributed by atoms with E-state index in [4.69, 9.17) is 4.74 Å². The van der Waals surface area contributed by atoms with Gasteiger partial charge in [-0.05, 0) is 39.7 Å². The summed E-state index contributed by atoms with van der Waals surface area (Å²) in [4.78, 5) is 25.1. The first-order chi connectivity index (χ1) is 13.7. The summed E-state index contributed by atoms with van der Waals surface area (Å²) in [5, 5.41) is 10.9. The maximum atomic E-state index is 12.9. The highest BCUT2D eigenvalue weighted by Gasteiger charge is 2.47. The van der Waals surface area contributed by atoms with E-state index in [1.54, 1.807) is 36.4 Å². The predicted molar refractivity (Wildman–Crippen MR) is 114 cm³/mol. The van der Waals surface area contributed by atoms with Crippen molar-refractivity contribution in [3.8, 4) is 0 Å². The fraction of sp³-hybridized carbons (Fsp3) is 0.417. The highest BCUT2D eigenvalue weighted by molar-refractivity contribution is 6.16. The van der Waals surface area contributed by atoms with Gasteiger partial charge >= 0.3 is 5.97 Å². The third kappa shape index (κ3) is 6.51. The molecule has 0 aliphatic heterocycles. The molecule has 0 saturated heterocycles. The number of ketones is 1. The van der Waals surface area contributed by atoms with Crippen molar-refractivity contribution in [3.05, 3.63) is 71.3 Å². The van der Waals surface area contributed by atoms with Crippen molar-refractivity contribution >= 4 is 11.8 Å². The normalized spacial score (nSPS) is 12.7. The number of methoxy groups -OCH3 is 1. The maximum absolute atomic E-state index is 12.9. The number of Topliss-reactive ketones (excluding diaryl/α,β-unsaturated/α-hetero) is 1. The Balaban J connectivity index is 0.000000516. The molecule has 1 atom stereocenters. The lowest BCUT2D eigenvalue weighted by molar-refractivity contribution is -0.158. The van der Waals surface area contributed by atoms with E-state index in [1.807, 2.05) is 40.7 Å². The summed E-state index contributed by atoms with van der Waals surface area (Å²) in [5.41, 5.74) is -1.06. The van der Waals surface area contributed by atoms with Crippen molar-refractivity contribution in [1.29, 1.82) is 0 Å². The minimum absolute atomic E-state index is 0.192. The Morgan fingerprint density at radius 2 is 1.45 bits per heavy atom. The van der Waals surface area contributed by atoms with Crippen molar-refractivity contribution in [2.45, 2.75) is 58.8 Å². The van der Waals surface area contributed by atoms with Gasteiger partial charge in [-0.1, -0.05) is 61.5 Å². The summed E-state index contributed by atoms with van der Waals surface area (Å²) in [6.07, 6.45) is 1.37. The average Bonchev–Trinajstić information content (AvgIpc) is 2.72. The Morgan fingerprint density at radius 3 is 1.90 bits per heavy atom. The van der Waals surface area contributed by atoms with Crippen molar-refractivity contribution in [2.75, 3.05) is 7.11 Å². The SMILES string of the molecule is CC(C)OC(C)C.CCc1ccccc1C(=O)C(O)(C(=O)OC)c1ccccc1. The number of hydrogen-bond acceptors (Lipinski definition) is 5. The molecule has 29 heavy (non-hydrogen) atoms. The van der Waals surface area contributed by atoms with Gasteiger partial charge in [-0.3, -0.25) is 4.79 Å². The number of hydrogen-bond donors (Lipinski definition) is 1. The number of aliphatic hydroxyl groups is 1. The number of carbonyl (C=O) groups is 2. The van der Waals surface area contributed by atoms with E-state index in [1.165, 1.54) is 12.1 Å². The van der Waals surface area contributed by atoms with Crippen LogP contribution >= 0.6 is 0 Å². The molecular formula is C24H32O5. The molecule has 2 rings (SSSR count). The lowest BCUT2D eigenvalue weighted by Crippen LogP contribution is -2.45. The molecule has 0 aromatic heterocycles. The first-order valence-electron chi connectivity index (χ1n) is 9.82. The van der Waals surface area contributed by atoms with Gasteiger partial charge in [0.25, 0.3) is 5.60 Å². The molecule has 0 aliphatic rings. The van der Waals surface area contributed by atoms with Crippen LogP contribution in [0.25, 0.3) is 0 Å². The van der Waals surface area contributed by atoms with Crippen molar-refractivity contribution in [3.63, 3.8) is 0 Å². The Kier molecular flexibility index (Phi) is 9.72. The van der Waals surface area contributed by atoms with E-state index in [0.29, 0.717) is 24.2 Å². The number of aryl methyl sites for hydroxylation is 1. The quantitative estimate of drug-likeness (QED) is 0.426. The molecule has 2 aromatic carbocycles. The molecule has 0 bridgehead atoms. The maximum Gasteiger partial charge on any atom is 0.350 e. The lowest BCUT2D eigenvalue weighted by Gasteiger charge is -2.25. The molecule has 1 N–H and O–H groups in total. The monoisotopic (exact) mass is 400 g/mol. The minimum Gasteiger partial charge on any atom is -0.466 e. The number of esters is 1. The van der Waals surface area contributed by atoms with Gasteiger partial charge in [-0.2, -0.15) is 0 Å². The van der Waals surface area contributed by atoms with Crippen LogP contribution in [-0.4, -0.2) is 36.2 Å². The molecule has 0 heterocycles. The predicted octanol–water partition coefficient (Wildman–Crippen LogP) is 4.31. The molecule has 0 amide bonds. The van der Waals surface area contributed by atoms with E-state index in [9.17, 15) is 14.7 Å². The highest BCUT2D eigenvalue weighted by atomic mass is 16.5. The van der Waals surface area contributed by atoms with Gasteiger partial charge in [0.2, 0.25) is 5.78 Å². The molecule has 2 aromatic rings. The largest absolute Gasteiger partial charge is 0.466 e. The standard InChI is InChI=1S/C18H18O4.C6H14O/c1-3-13-9-7-8-12-15(13)16(19)18(21,17(20)22-2)14-10-5-4-6-11-14;1-5(2)7-6(3)4/h4-12,21H,3H2,1-2H3;5-6H,1-4H3. The minimum atomic E-state index is -2.35. The summed E-state index contributed by atoms with van der Waals surface area (Å²) in [6.45, 7) is 10.1. The number of rotatable bonds is 7. The van der Waals surface area contributed by atoms with Gasteiger partial charge in [-0.15, -0.1) is 0 Å². The third-order valence-corrected chi connectivity index (χ3v) is 4.19. The second-order valence-corrected chi connectivity index (χ2v) is 7.14. The first-order valence-corrected chi connectivity index (χ1v) is 9.82. The van der Waals surface area contributed by atoms with Crippen LogP contribution in [0.3, 0.4) is 0 Å². The zero-order valence-electron chi connectivity index (χ0n) is 18.1. The van der Waals surface area contributed by atoms with Gasteiger partial charge in [0.1, 0.15) is 0 Å². The lowest BCUT2D eigenvalue weighted by atomic mass is 9.84. The topological polar surface area (TPSA) is 72.8 Å². The molecule has 0 radical (unpaired) electrons. The molecule has 5 heteroatoms. The smallest absolute Gasteiger partial charge is 0.350 e. The number of ether oxygens (including phenoxy) is 2. The average molecular weight is 401 g/mol. The van der Waals surface area contributed by atoms with Crippen LogP contribution in [0.1, 0.15) is 56.1 Å². The summed E-state index contributed by atoms with van der Waals surface area (Å²) in [6, 6.07) is 15.0. The van der Waals surface area contributed by atoms with E-state index in [0.717, 1.165) is 12.7 Å². The van der Waals surface area contributed by atoms with Crippen molar-refractivity contribution in [1.82, 2.24) is 0 Å².